The summed E-state index contributed by atoms with van der Waals surface area (Å²) in [6.07, 6.45) is 6.67. The first-order chi connectivity index (χ1) is 10.6. The summed E-state index contributed by atoms with van der Waals surface area (Å²) in [5.74, 6) is 0. The number of allylic oxidation sites excluding steroid dienone is 2. The topological polar surface area (TPSA) is 53.3 Å². The van der Waals surface area contributed by atoms with Crippen molar-refractivity contribution in [2.75, 3.05) is 39.3 Å². The van der Waals surface area contributed by atoms with Crippen LogP contribution in [0, 0.1) is 0 Å². The summed E-state index contributed by atoms with van der Waals surface area (Å²) in [5, 5.41) is 6.53. The van der Waals surface area contributed by atoms with Crippen LogP contribution in [0.1, 0.15) is 13.3 Å². The summed E-state index contributed by atoms with van der Waals surface area (Å²) >= 11 is 0. The molecule has 0 aromatic carbocycles. The van der Waals surface area contributed by atoms with Gasteiger partial charge in [0.1, 0.15) is 0 Å². The molecule has 1 aliphatic rings. The summed E-state index contributed by atoms with van der Waals surface area (Å²) in [6, 6.07) is 0. The van der Waals surface area contributed by atoms with E-state index in [1.54, 1.807) is 6.20 Å². The Labute approximate surface area is 135 Å². The minimum atomic E-state index is 0.484. The Balaban J connectivity index is 2.69. The summed E-state index contributed by atoms with van der Waals surface area (Å²) < 4.78 is 0. The average Bonchev–Trinajstić information content (AvgIpc) is 2.94. The first-order valence-electron chi connectivity index (χ1n) is 7.82. The van der Waals surface area contributed by atoms with Gasteiger partial charge in [0.15, 0.2) is 0 Å². The third-order valence-electron chi connectivity index (χ3n) is 3.92. The van der Waals surface area contributed by atoms with E-state index in [1.807, 2.05) is 6.08 Å². The molecule has 0 unspecified atom stereocenters. The number of hydrogen-bond donors (Lipinski definition) is 3. The van der Waals surface area contributed by atoms with Gasteiger partial charge in [0.05, 0.1) is 0 Å². The molecule has 0 saturated heterocycles. The average molecular weight is 302 g/mol. The van der Waals surface area contributed by atoms with Crippen molar-refractivity contribution in [2.45, 2.75) is 13.3 Å². The number of nitrogens with zero attached hydrogens (tertiary/aromatic N) is 1. The van der Waals surface area contributed by atoms with Crippen molar-refractivity contribution in [3.8, 4) is 0 Å². The Bertz CT molecular complexity index is 460. The molecule has 0 spiro atoms. The van der Waals surface area contributed by atoms with Gasteiger partial charge >= 0.3 is 0 Å². The van der Waals surface area contributed by atoms with E-state index in [1.165, 1.54) is 16.7 Å². The lowest BCUT2D eigenvalue weighted by Gasteiger charge is -2.27. The predicted octanol–water partition coefficient (Wildman–Crippen LogP) is 1.92. The largest absolute Gasteiger partial charge is 0.390 e. The molecule has 0 aliphatic carbocycles. The van der Waals surface area contributed by atoms with Gasteiger partial charge in [-0.05, 0) is 30.7 Å². The lowest BCUT2D eigenvalue weighted by Crippen LogP contribution is -2.33. The minimum Gasteiger partial charge on any atom is -0.390 e. The summed E-state index contributed by atoms with van der Waals surface area (Å²) in [4.78, 5) is 2.24. The predicted molar refractivity (Wildman–Crippen MR) is 96.4 cm³/mol. The normalized spacial score (nSPS) is 14.9. The molecule has 0 amide bonds. The maximum absolute atomic E-state index is 5.75. The smallest absolute Gasteiger partial charge is 0.0348 e. The molecule has 0 saturated carbocycles. The molecule has 122 valence electrons. The van der Waals surface area contributed by atoms with Crippen LogP contribution in [0.25, 0.3) is 0 Å². The summed E-state index contributed by atoms with van der Waals surface area (Å²) in [6.45, 7) is 18.8. The second kappa shape index (κ2) is 10.0. The molecule has 4 nitrogen and oxygen atoms in total. The number of nitrogens with two attached hydrogens (primary N) is 1. The molecule has 0 aromatic heterocycles. The zero-order valence-electron chi connectivity index (χ0n) is 13.8. The zero-order valence-corrected chi connectivity index (χ0v) is 13.8. The lowest BCUT2D eigenvalue weighted by atomic mass is 9.99. The Morgan fingerprint density at radius 1 is 1.36 bits per heavy atom. The molecule has 0 radical (unpaired) electrons. The van der Waals surface area contributed by atoms with Crippen molar-refractivity contribution in [2.24, 2.45) is 5.73 Å². The first-order valence-corrected chi connectivity index (χ1v) is 7.82. The minimum absolute atomic E-state index is 0.484. The maximum atomic E-state index is 5.75. The quantitative estimate of drug-likeness (QED) is 0.403. The van der Waals surface area contributed by atoms with Crippen LogP contribution < -0.4 is 16.4 Å². The molecule has 0 bridgehead atoms. The molecule has 4 heteroatoms. The van der Waals surface area contributed by atoms with Crippen molar-refractivity contribution in [3.63, 3.8) is 0 Å². The van der Waals surface area contributed by atoms with Gasteiger partial charge < -0.3 is 21.3 Å². The Hall–Kier alpha value is -1.78. The van der Waals surface area contributed by atoms with Crippen LogP contribution in [0.3, 0.4) is 0 Å². The number of rotatable bonds is 11. The van der Waals surface area contributed by atoms with Gasteiger partial charge in [-0.25, -0.2) is 0 Å². The van der Waals surface area contributed by atoms with Gasteiger partial charge in [-0.3, -0.25) is 0 Å². The van der Waals surface area contributed by atoms with E-state index in [9.17, 15) is 0 Å². The Morgan fingerprint density at radius 3 is 2.68 bits per heavy atom. The van der Waals surface area contributed by atoms with Crippen LogP contribution in [0.2, 0.25) is 0 Å². The first kappa shape index (κ1) is 18.3. The van der Waals surface area contributed by atoms with Gasteiger partial charge in [-0.2, -0.15) is 0 Å². The van der Waals surface area contributed by atoms with E-state index in [-0.39, 0.29) is 0 Å². The van der Waals surface area contributed by atoms with Crippen molar-refractivity contribution < 1.29 is 0 Å². The van der Waals surface area contributed by atoms with E-state index in [0.717, 1.165) is 44.8 Å². The van der Waals surface area contributed by atoms with Crippen LogP contribution in [0.4, 0.5) is 0 Å². The monoisotopic (exact) mass is 302 g/mol. The molecule has 0 aromatic rings. The van der Waals surface area contributed by atoms with Crippen LogP contribution in [-0.4, -0.2) is 44.2 Å². The highest BCUT2D eigenvalue weighted by atomic mass is 15.2. The third-order valence-corrected chi connectivity index (χ3v) is 3.92. The second-order valence-corrected chi connectivity index (χ2v) is 5.46. The van der Waals surface area contributed by atoms with E-state index >= 15 is 0 Å². The molecule has 1 heterocycles. The lowest BCUT2D eigenvalue weighted by molar-refractivity contribution is 0.347. The van der Waals surface area contributed by atoms with E-state index < -0.39 is 0 Å². The highest BCUT2D eigenvalue weighted by molar-refractivity contribution is 5.41. The molecule has 0 fully saturated rings. The van der Waals surface area contributed by atoms with Gasteiger partial charge in [0.25, 0.3) is 0 Å². The maximum Gasteiger partial charge on any atom is 0.0348 e. The van der Waals surface area contributed by atoms with Gasteiger partial charge in [0.2, 0.25) is 0 Å². The van der Waals surface area contributed by atoms with Crippen molar-refractivity contribution in [1.29, 1.82) is 0 Å². The Kier molecular flexibility index (Phi) is 8.33. The highest BCUT2D eigenvalue weighted by Gasteiger charge is 2.15. The summed E-state index contributed by atoms with van der Waals surface area (Å²) in [7, 11) is 0. The fourth-order valence-corrected chi connectivity index (χ4v) is 2.61. The fourth-order valence-electron chi connectivity index (χ4n) is 2.61. The SMILES string of the molecule is C=C/C=C(/CCN(CCNC=C)C(=C)CN)C1=C(C)CNC1. The van der Waals surface area contributed by atoms with Crippen LogP contribution in [0.15, 0.2) is 60.5 Å². The Morgan fingerprint density at radius 2 is 2.14 bits per heavy atom. The second-order valence-electron chi connectivity index (χ2n) is 5.46. The van der Waals surface area contributed by atoms with Gasteiger partial charge in [-0.15, -0.1) is 0 Å². The van der Waals surface area contributed by atoms with Crippen molar-refractivity contribution in [1.82, 2.24) is 15.5 Å². The zero-order chi connectivity index (χ0) is 16.4. The number of nitrogens with one attached hydrogen (secondary N) is 2. The van der Waals surface area contributed by atoms with E-state index in [0.29, 0.717) is 6.54 Å². The van der Waals surface area contributed by atoms with Gasteiger partial charge in [0, 0.05) is 45.0 Å². The molecule has 22 heavy (non-hydrogen) atoms. The van der Waals surface area contributed by atoms with E-state index in [4.69, 9.17) is 5.73 Å². The number of hydrogen-bond acceptors (Lipinski definition) is 4. The van der Waals surface area contributed by atoms with Crippen molar-refractivity contribution >= 4 is 0 Å². The highest BCUT2D eigenvalue weighted by Crippen LogP contribution is 2.22. The standard InChI is InChI=1S/C18H30N4/c1-5-7-17(18-14-21-13-15(18)3)8-10-22(16(4)12-19)11-9-20-6-2/h5-7,20-21H,1-2,4,8-14,19H2,3H3/b17-7-. The summed E-state index contributed by atoms with van der Waals surface area (Å²) in [5.41, 5.74) is 10.9. The molecule has 1 rings (SSSR count). The van der Waals surface area contributed by atoms with Crippen molar-refractivity contribution in [3.05, 3.63) is 60.5 Å². The molecular formula is C18H30N4. The molecule has 0 atom stereocenters. The van der Waals surface area contributed by atoms with Crippen LogP contribution in [0.5, 0.6) is 0 Å². The van der Waals surface area contributed by atoms with E-state index in [2.05, 4.69) is 48.3 Å². The van der Waals surface area contributed by atoms with Crippen LogP contribution >= 0.6 is 0 Å². The molecular weight excluding hydrogens is 272 g/mol. The van der Waals surface area contributed by atoms with Crippen LogP contribution in [-0.2, 0) is 0 Å². The molecule has 1 aliphatic heterocycles. The molecule has 4 N–H and O–H groups in total. The van der Waals surface area contributed by atoms with Gasteiger partial charge in [-0.1, -0.05) is 37.5 Å². The fraction of sp³-hybridized carbons (Fsp3) is 0.444. The third kappa shape index (κ3) is 5.54.